The van der Waals surface area contributed by atoms with Crippen molar-refractivity contribution >= 4 is 11.9 Å². The molecule has 0 amide bonds. The standard InChI is InChI=1S/C10H19N2O4/c1-7(9(13)15-3)5-12(11)6-8(2)10(14)16-4/h7-8,11H,5-6H2,1-4H3/q+1. The summed E-state index contributed by atoms with van der Waals surface area (Å²) in [6.07, 6.45) is 0. The van der Waals surface area contributed by atoms with Crippen LogP contribution in [0.4, 0.5) is 0 Å². The topological polar surface area (TPSA) is 79.5 Å². The molecule has 0 rings (SSSR count). The molecule has 92 valence electrons. The van der Waals surface area contributed by atoms with Gasteiger partial charge >= 0.3 is 11.9 Å². The number of nitrogens with zero attached hydrogens (tertiary/aromatic N) is 1. The van der Waals surface area contributed by atoms with Crippen LogP contribution in [0.25, 0.3) is 0 Å². The number of ether oxygens (including phenoxy) is 2. The molecule has 1 N–H and O–H groups in total. The Balaban J connectivity index is 4.08. The second-order valence-electron chi connectivity index (χ2n) is 3.75. The minimum Gasteiger partial charge on any atom is -0.469 e. The van der Waals surface area contributed by atoms with Gasteiger partial charge in [-0.1, -0.05) is 5.53 Å². The van der Waals surface area contributed by atoms with Crippen molar-refractivity contribution in [1.82, 2.24) is 0 Å². The quantitative estimate of drug-likeness (QED) is 0.413. The van der Waals surface area contributed by atoms with Gasteiger partial charge in [-0.25, -0.2) is 0 Å². The molecule has 0 spiro atoms. The summed E-state index contributed by atoms with van der Waals surface area (Å²) in [4.78, 5) is 22.2. The Labute approximate surface area is 95.0 Å². The van der Waals surface area contributed by atoms with Gasteiger partial charge in [0.2, 0.25) is 0 Å². The zero-order chi connectivity index (χ0) is 12.7. The second kappa shape index (κ2) is 6.92. The Kier molecular flexibility index (Phi) is 6.29. The zero-order valence-electron chi connectivity index (χ0n) is 10.1. The molecule has 0 aliphatic carbocycles. The molecule has 2 atom stereocenters. The molecule has 6 heteroatoms. The van der Waals surface area contributed by atoms with E-state index in [1.54, 1.807) is 13.8 Å². The highest BCUT2D eigenvalue weighted by Crippen LogP contribution is 2.02. The summed E-state index contributed by atoms with van der Waals surface area (Å²) in [7, 11) is 2.62. The molecule has 0 heterocycles. The highest BCUT2D eigenvalue weighted by molar-refractivity contribution is 5.72. The summed E-state index contributed by atoms with van der Waals surface area (Å²) < 4.78 is 10.3. The highest BCUT2D eigenvalue weighted by Gasteiger charge is 2.24. The van der Waals surface area contributed by atoms with Gasteiger partial charge in [0.25, 0.3) is 0 Å². The third kappa shape index (κ3) is 4.86. The first-order valence-electron chi connectivity index (χ1n) is 5.04. The first kappa shape index (κ1) is 14.5. The number of rotatable bonds is 6. The van der Waals surface area contributed by atoms with Gasteiger partial charge in [-0.05, 0) is 13.8 Å². The van der Waals surface area contributed by atoms with Gasteiger partial charge in [-0.3, -0.25) is 9.59 Å². The first-order chi connectivity index (χ1) is 7.42. The maximum Gasteiger partial charge on any atom is 0.314 e. The van der Waals surface area contributed by atoms with Crippen LogP contribution in [0.5, 0.6) is 0 Å². The molecule has 2 unspecified atom stereocenters. The fraction of sp³-hybridized carbons (Fsp3) is 0.800. The summed E-state index contributed by atoms with van der Waals surface area (Å²) in [5, 5.41) is 0. The Morgan fingerprint density at radius 3 is 1.62 bits per heavy atom. The van der Waals surface area contributed by atoms with Crippen LogP contribution < -0.4 is 0 Å². The van der Waals surface area contributed by atoms with Crippen LogP contribution >= 0.6 is 0 Å². The van der Waals surface area contributed by atoms with Crippen molar-refractivity contribution in [2.75, 3.05) is 27.3 Å². The Hall–Kier alpha value is -1.46. The number of hydrogen-bond acceptors (Lipinski definition) is 5. The van der Waals surface area contributed by atoms with Crippen molar-refractivity contribution in [3.05, 3.63) is 0 Å². The lowest BCUT2D eigenvalue weighted by Crippen LogP contribution is -2.29. The van der Waals surface area contributed by atoms with E-state index >= 15 is 0 Å². The molecule has 0 aromatic rings. The summed E-state index contributed by atoms with van der Waals surface area (Å²) in [6, 6.07) is 0. The molecular formula is C10H19N2O4+. The smallest absolute Gasteiger partial charge is 0.314 e. The normalized spacial score (nSPS) is 13.8. The van der Waals surface area contributed by atoms with E-state index in [1.165, 1.54) is 18.9 Å². The fourth-order valence-corrected chi connectivity index (χ4v) is 1.29. The maximum atomic E-state index is 11.1. The molecule has 0 fully saturated rings. The molecule has 0 aliphatic heterocycles. The molecule has 6 nitrogen and oxygen atoms in total. The SMILES string of the molecule is COC(=O)C(C)C[N+](=N)CC(C)C(=O)OC. The van der Waals surface area contributed by atoms with E-state index in [0.29, 0.717) is 0 Å². The van der Waals surface area contributed by atoms with Crippen molar-refractivity contribution in [2.24, 2.45) is 11.8 Å². The Bertz CT molecular complexity index is 252. The van der Waals surface area contributed by atoms with Crippen molar-refractivity contribution in [2.45, 2.75) is 13.8 Å². The highest BCUT2D eigenvalue weighted by atomic mass is 16.5. The van der Waals surface area contributed by atoms with Crippen LogP contribution in [-0.4, -0.2) is 43.9 Å². The number of carbonyl (C=O) groups is 2. The summed E-state index contributed by atoms with van der Waals surface area (Å²) in [6.45, 7) is 3.81. The summed E-state index contributed by atoms with van der Waals surface area (Å²) >= 11 is 0. The minimum atomic E-state index is -0.382. The first-order valence-corrected chi connectivity index (χ1v) is 5.04. The molecule has 0 aromatic heterocycles. The predicted octanol–water partition coefficient (Wildman–Crippen LogP) is 0.648. The van der Waals surface area contributed by atoms with Gasteiger partial charge in [0.15, 0.2) is 13.1 Å². The van der Waals surface area contributed by atoms with Crippen LogP contribution in [-0.2, 0) is 19.1 Å². The third-order valence-corrected chi connectivity index (χ3v) is 2.20. The van der Waals surface area contributed by atoms with E-state index < -0.39 is 0 Å². The van der Waals surface area contributed by atoms with E-state index in [9.17, 15) is 9.59 Å². The zero-order valence-corrected chi connectivity index (χ0v) is 10.1. The van der Waals surface area contributed by atoms with Gasteiger partial charge in [0.1, 0.15) is 11.8 Å². The van der Waals surface area contributed by atoms with Crippen LogP contribution in [0, 0.1) is 17.4 Å². The van der Waals surface area contributed by atoms with Gasteiger partial charge in [0.05, 0.1) is 14.2 Å². The Morgan fingerprint density at radius 1 is 1.06 bits per heavy atom. The van der Waals surface area contributed by atoms with E-state index in [1.807, 2.05) is 0 Å². The lowest BCUT2D eigenvalue weighted by atomic mass is 10.1. The van der Waals surface area contributed by atoms with Gasteiger partial charge < -0.3 is 9.47 Å². The third-order valence-electron chi connectivity index (χ3n) is 2.20. The van der Waals surface area contributed by atoms with E-state index in [4.69, 9.17) is 5.53 Å². The molecule has 0 aliphatic rings. The molecule has 0 bridgehead atoms. The minimum absolute atomic E-state index is 0.230. The number of hydrogen-bond donors (Lipinski definition) is 1. The lowest BCUT2D eigenvalue weighted by Gasteiger charge is -2.08. The van der Waals surface area contributed by atoms with Crippen molar-refractivity contribution in [3.8, 4) is 0 Å². The Morgan fingerprint density at radius 2 is 1.38 bits per heavy atom. The fourth-order valence-electron chi connectivity index (χ4n) is 1.29. The van der Waals surface area contributed by atoms with Crippen LogP contribution in [0.3, 0.4) is 0 Å². The van der Waals surface area contributed by atoms with Crippen molar-refractivity contribution in [1.29, 1.82) is 5.53 Å². The molecule has 0 saturated heterocycles. The molecule has 0 saturated carbocycles. The van der Waals surface area contributed by atoms with Crippen molar-refractivity contribution in [3.63, 3.8) is 0 Å². The second-order valence-corrected chi connectivity index (χ2v) is 3.75. The van der Waals surface area contributed by atoms with Gasteiger partial charge in [0, 0.05) is 0 Å². The van der Waals surface area contributed by atoms with Gasteiger partial charge in [-0.15, -0.1) is 4.70 Å². The van der Waals surface area contributed by atoms with Crippen LogP contribution in [0.1, 0.15) is 13.8 Å². The molecule has 0 aromatic carbocycles. The molecule has 16 heavy (non-hydrogen) atoms. The summed E-state index contributed by atoms with van der Waals surface area (Å²) in [5.41, 5.74) is 7.59. The van der Waals surface area contributed by atoms with Crippen molar-refractivity contribution < 1.29 is 23.8 Å². The predicted molar refractivity (Wildman–Crippen MR) is 55.1 cm³/mol. The number of methoxy groups -OCH3 is 2. The van der Waals surface area contributed by atoms with E-state index in [0.717, 1.165) is 0 Å². The van der Waals surface area contributed by atoms with Crippen LogP contribution in [0.15, 0.2) is 0 Å². The molecule has 0 radical (unpaired) electrons. The van der Waals surface area contributed by atoms with E-state index in [-0.39, 0.29) is 36.9 Å². The summed E-state index contributed by atoms with van der Waals surface area (Å²) in [5.74, 6) is -1.48. The average molecular weight is 231 g/mol. The number of esters is 2. The lowest BCUT2D eigenvalue weighted by molar-refractivity contribution is -0.622. The molecular weight excluding hydrogens is 212 g/mol. The van der Waals surface area contributed by atoms with E-state index in [2.05, 4.69) is 9.47 Å². The number of nitrogens with one attached hydrogen (secondary N) is 1. The maximum absolute atomic E-state index is 11.1. The largest absolute Gasteiger partial charge is 0.469 e. The van der Waals surface area contributed by atoms with Crippen LogP contribution in [0.2, 0.25) is 0 Å². The number of carbonyl (C=O) groups excluding carboxylic acids is 2. The average Bonchev–Trinajstić information content (AvgIpc) is 2.26. The van der Waals surface area contributed by atoms with Gasteiger partial charge in [-0.2, -0.15) is 0 Å². The monoisotopic (exact) mass is 231 g/mol.